The maximum Gasteiger partial charge on any atom is 0.373 e. The van der Waals surface area contributed by atoms with Crippen molar-refractivity contribution in [2.45, 2.75) is 72.4 Å². The molecule has 1 aromatic rings. The van der Waals surface area contributed by atoms with E-state index >= 15 is 0 Å². The van der Waals surface area contributed by atoms with Crippen LogP contribution in [0.5, 0.6) is 0 Å². The largest absolute Gasteiger partial charge is 0.373 e. The first kappa shape index (κ1) is 21.9. The molecule has 1 saturated carbocycles. The van der Waals surface area contributed by atoms with Crippen LogP contribution in [0.15, 0.2) is 36.5 Å². The Balaban J connectivity index is 1.89. The summed E-state index contributed by atoms with van der Waals surface area (Å²) in [5, 5.41) is 1.31. The van der Waals surface area contributed by atoms with Gasteiger partial charge in [-0.15, -0.1) is 6.58 Å². The SMILES string of the molecule is C=C[Si](CC)(CC)c1ccc(C(=O)OO[C]2CCC(C(C)(C)C)CC2)cc1. The highest BCUT2D eigenvalue weighted by atomic mass is 28.3. The minimum atomic E-state index is -1.64. The van der Waals surface area contributed by atoms with E-state index in [1.54, 1.807) is 0 Å². The molecule has 1 aromatic carbocycles. The van der Waals surface area contributed by atoms with Gasteiger partial charge in [-0.1, -0.05) is 69.7 Å². The van der Waals surface area contributed by atoms with E-state index in [2.05, 4.69) is 59.0 Å². The Labute approximate surface area is 166 Å². The fourth-order valence-electron chi connectivity index (χ4n) is 4.04. The standard InChI is InChI=1S/C23H35O3Si/c1-7-27(8-2,9-3)21-16-10-18(11-17-21)22(24)26-25-20-14-12-19(13-15-20)23(4,5)6/h7,10-11,16-17,19H,1,8-9,12-15H2,2-6H3. The molecule has 149 valence electrons. The van der Waals surface area contributed by atoms with E-state index in [4.69, 9.17) is 9.78 Å². The summed E-state index contributed by atoms with van der Waals surface area (Å²) in [7, 11) is -1.64. The molecule has 0 N–H and O–H groups in total. The number of hydrogen-bond acceptors (Lipinski definition) is 3. The number of rotatable bonds is 7. The lowest BCUT2D eigenvalue weighted by Gasteiger charge is -2.35. The van der Waals surface area contributed by atoms with Gasteiger partial charge in [0.2, 0.25) is 0 Å². The molecule has 1 aliphatic rings. The Morgan fingerprint density at radius 2 is 1.70 bits per heavy atom. The molecular formula is C23H35O3Si. The van der Waals surface area contributed by atoms with Crippen LogP contribution in [-0.4, -0.2) is 14.0 Å². The molecule has 0 spiro atoms. The van der Waals surface area contributed by atoms with Crippen molar-refractivity contribution in [3.05, 3.63) is 48.2 Å². The van der Waals surface area contributed by atoms with Crippen molar-refractivity contribution in [3.8, 4) is 0 Å². The minimum absolute atomic E-state index is 0.324. The van der Waals surface area contributed by atoms with Crippen molar-refractivity contribution in [2.75, 3.05) is 0 Å². The zero-order valence-corrected chi connectivity index (χ0v) is 18.6. The lowest BCUT2D eigenvalue weighted by Crippen LogP contribution is -2.44. The van der Waals surface area contributed by atoms with Gasteiger partial charge in [0.15, 0.2) is 0 Å². The van der Waals surface area contributed by atoms with Gasteiger partial charge in [0.25, 0.3) is 0 Å². The molecule has 3 nitrogen and oxygen atoms in total. The lowest BCUT2D eigenvalue weighted by molar-refractivity contribution is -0.241. The van der Waals surface area contributed by atoms with Gasteiger partial charge in [0, 0.05) is 0 Å². The van der Waals surface area contributed by atoms with Crippen LogP contribution in [0, 0.1) is 17.4 Å². The van der Waals surface area contributed by atoms with Crippen molar-refractivity contribution < 1.29 is 14.6 Å². The van der Waals surface area contributed by atoms with Gasteiger partial charge in [-0.3, -0.25) is 4.89 Å². The first-order valence-corrected chi connectivity index (χ1v) is 12.7. The first-order valence-electron chi connectivity index (χ1n) is 10.2. The van der Waals surface area contributed by atoms with Gasteiger partial charge in [-0.2, -0.15) is 4.89 Å². The van der Waals surface area contributed by atoms with Gasteiger partial charge in [0.05, 0.1) is 5.56 Å². The zero-order valence-electron chi connectivity index (χ0n) is 17.6. The molecule has 27 heavy (non-hydrogen) atoms. The third-order valence-corrected chi connectivity index (χ3v) is 11.1. The van der Waals surface area contributed by atoms with Crippen molar-refractivity contribution >= 4 is 19.2 Å². The second-order valence-electron chi connectivity index (χ2n) is 8.78. The van der Waals surface area contributed by atoms with E-state index in [1.165, 1.54) is 5.19 Å². The van der Waals surface area contributed by atoms with Gasteiger partial charge in [-0.25, -0.2) is 4.79 Å². The fourth-order valence-corrected chi connectivity index (χ4v) is 7.00. The average Bonchev–Trinajstić information content (AvgIpc) is 2.68. The summed E-state index contributed by atoms with van der Waals surface area (Å²) >= 11 is 0. The summed E-state index contributed by atoms with van der Waals surface area (Å²) in [5.74, 6) is 0.269. The van der Waals surface area contributed by atoms with Crippen LogP contribution in [0.4, 0.5) is 0 Å². The molecular weight excluding hydrogens is 352 g/mol. The maximum absolute atomic E-state index is 12.3. The van der Waals surface area contributed by atoms with Crippen molar-refractivity contribution in [1.82, 2.24) is 0 Å². The molecule has 0 atom stereocenters. The molecule has 2 rings (SSSR count). The van der Waals surface area contributed by atoms with E-state index in [1.807, 2.05) is 12.1 Å². The molecule has 1 fully saturated rings. The predicted octanol–water partition coefficient (Wildman–Crippen LogP) is 5.96. The van der Waals surface area contributed by atoms with Crippen molar-refractivity contribution in [1.29, 1.82) is 0 Å². The monoisotopic (exact) mass is 387 g/mol. The van der Waals surface area contributed by atoms with Crippen LogP contribution in [0.2, 0.25) is 12.1 Å². The zero-order chi connectivity index (χ0) is 20.1. The van der Waals surface area contributed by atoms with Crippen LogP contribution in [-0.2, 0) is 9.78 Å². The summed E-state index contributed by atoms with van der Waals surface area (Å²) in [6.45, 7) is 15.4. The number of carbonyl (C=O) groups is 1. The number of carbonyl (C=O) groups excluding carboxylic acids is 1. The van der Waals surface area contributed by atoms with Gasteiger partial charge in [-0.05, 0) is 49.1 Å². The molecule has 1 aliphatic carbocycles. The number of hydrogen-bond donors (Lipinski definition) is 0. The van der Waals surface area contributed by atoms with Crippen molar-refractivity contribution in [3.63, 3.8) is 0 Å². The Morgan fingerprint density at radius 3 is 2.15 bits per heavy atom. The topological polar surface area (TPSA) is 35.5 Å². The quantitative estimate of drug-likeness (QED) is 0.329. The average molecular weight is 388 g/mol. The van der Waals surface area contributed by atoms with Gasteiger partial charge in [0.1, 0.15) is 14.2 Å². The van der Waals surface area contributed by atoms with E-state index < -0.39 is 14.0 Å². The van der Waals surface area contributed by atoms with E-state index in [-0.39, 0.29) is 0 Å². The summed E-state index contributed by atoms with van der Waals surface area (Å²) < 4.78 is 0. The normalized spacial score (nSPS) is 16.9. The molecule has 0 unspecified atom stereocenters. The van der Waals surface area contributed by atoms with Gasteiger partial charge < -0.3 is 0 Å². The van der Waals surface area contributed by atoms with E-state index in [9.17, 15) is 4.79 Å². The predicted molar refractivity (Wildman–Crippen MR) is 114 cm³/mol. The molecule has 1 radical (unpaired) electrons. The summed E-state index contributed by atoms with van der Waals surface area (Å²) in [4.78, 5) is 22.8. The third-order valence-electron chi connectivity index (χ3n) is 6.35. The fraction of sp³-hybridized carbons (Fsp3) is 0.565. The maximum atomic E-state index is 12.3. The van der Waals surface area contributed by atoms with Crippen LogP contribution in [0.1, 0.15) is 70.7 Å². The van der Waals surface area contributed by atoms with Gasteiger partial charge >= 0.3 is 5.97 Å². The van der Waals surface area contributed by atoms with E-state index in [0.717, 1.165) is 43.9 Å². The molecule has 4 heteroatoms. The highest BCUT2D eigenvalue weighted by molar-refractivity contribution is 6.95. The smallest absolute Gasteiger partial charge is 0.292 e. The second kappa shape index (κ2) is 9.20. The second-order valence-corrected chi connectivity index (χ2v) is 13.5. The highest BCUT2D eigenvalue weighted by Crippen LogP contribution is 2.40. The molecule has 0 saturated heterocycles. The van der Waals surface area contributed by atoms with Crippen LogP contribution in [0.25, 0.3) is 0 Å². The Kier molecular flexibility index (Phi) is 7.46. The first-order chi connectivity index (χ1) is 12.8. The Morgan fingerprint density at radius 1 is 1.15 bits per heavy atom. The molecule has 0 amide bonds. The molecule has 0 bridgehead atoms. The van der Waals surface area contributed by atoms with Crippen LogP contribution >= 0.6 is 0 Å². The summed E-state index contributed by atoms with van der Waals surface area (Å²) in [6.07, 6.45) is 4.81. The Hall–Kier alpha value is -1.39. The van der Waals surface area contributed by atoms with E-state index in [0.29, 0.717) is 16.9 Å². The lowest BCUT2D eigenvalue weighted by atomic mass is 9.72. The molecule has 0 aliphatic heterocycles. The molecule has 0 heterocycles. The van der Waals surface area contributed by atoms with Crippen LogP contribution in [0.3, 0.4) is 0 Å². The minimum Gasteiger partial charge on any atom is -0.292 e. The molecule has 0 aromatic heterocycles. The van der Waals surface area contributed by atoms with Crippen LogP contribution < -0.4 is 5.19 Å². The third kappa shape index (κ3) is 5.32. The summed E-state index contributed by atoms with van der Waals surface area (Å²) in [5.41, 5.74) is 3.00. The summed E-state index contributed by atoms with van der Waals surface area (Å²) in [6, 6.07) is 10.0. The number of benzene rings is 1. The van der Waals surface area contributed by atoms with Crippen molar-refractivity contribution in [2.24, 2.45) is 11.3 Å². The highest BCUT2D eigenvalue weighted by Gasteiger charge is 2.32. The Bertz CT molecular complexity index is 618.